The summed E-state index contributed by atoms with van der Waals surface area (Å²) >= 11 is 5.90. The van der Waals surface area contributed by atoms with E-state index < -0.39 is 0 Å². The van der Waals surface area contributed by atoms with Crippen LogP contribution in [0.2, 0.25) is 5.02 Å². The number of urea groups is 1. The van der Waals surface area contributed by atoms with Gasteiger partial charge in [0, 0.05) is 18.7 Å². The van der Waals surface area contributed by atoms with Crippen LogP contribution in [0, 0.1) is 0 Å². The number of rotatable bonds is 6. The Balaban J connectivity index is 1.88. The molecule has 1 unspecified atom stereocenters. The van der Waals surface area contributed by atoms with Gasteiger partial charge >= 0.3 is 6.03 Å². The minimum Gasteiger partial charge on any atom is -0.467 e. The maximum absolute atomic E-state index is 11.9. The monoisotopic (exact) mass is 308 g/mol. The van der Waals surface area contributed by atoms with Crippen LogP contribution in [0.15, 0.2) is 47.1 Å². The second kappa shape index (κ2) is 7.71. The molecule has 5 nitrogen and oxygen atoms in total. The van der Waals surface area contributed by atoms with Crippen molar-refractivity contribution in [3.05, 3.63) is 59.0 Å². The molecule has 0 radical (unpaired) electrons. The molecule has 0 saturated carbocycles. The number of nitrogens with one attached hydrogen (secondary N) is 2. The van der Waals surface area contributed by atoms with Gasteiger partial charge in [0.05, 0.1) is 12.9 Å². The van der Waals surface area contributed by atoms with Crippen LogP contribution in [0.4, 0.5) is 4.79 Å². The van der Waals surface area contributed by atoms with Crippen LogP contribution in [-0.4, -0.2) is 19.7 Å². The molecular weight excluding hydrogens is 292 g/mol. The Labute approximate surface area is 128 Å². The number of halogens is 1. The third-order valence-electron chi connectivity index (χ3n) is 2.87. The first-order valence-corrected chi connectivity index (χ1v) is 6.88. The number of hydrogen-bond acceptors (Lipinski definition) is 3. The highest BCUT2D eigenvalue weighted by Gasteiger charge is 2.16. The molecule has 21 heavy (non-hydrogen) atoms. The van der Waals surface area contributed by atoms with Crippen LogP contribution < -0.4 is 10.6 Å². The Bertz CT molecular complexity index is 572. The van der Waals surface area contributed by atoms with E-state index in [9.17, 15) is 4.79 Å². The lowest BCUT2D eigenvalue weighted by molar-refractivity contribution is 0.157. The Morgan fingerprint density at radius 3 is 2.90 bits per heavy atom. The molecule has 0 aliphatic carbocycles. The Kier molecular flexibility index (Phi) is 5.66. The fourth-order valence-corrected chi connectivity index (χ4v) is 2.10. The molecule has 2 amide bonds. The van der Waals surface area contributed by atoms with Crippen molar-refractivity contribution in [2.24, 2.45) is 0 Å². The summed E-state index contributed by atoms with van der Waals surface area (Å²) in [5.74, 6) is 0.648. The van der Waals surface area contributed by atoms with Gasteiger partial charge in [-0.25, -0.2) is 4.79 Å². The van der Waals surface area contributed by atoms with Gasteiger partial charge in [0.15, 0.2) is 0 Å². The van der Waals surface area contributed by atoms with Crippen LogP contribution in [0.3, 0.4) is 0 Å². The zero-order chi connectivity index (χ0) is 15.1. The summed E-state index contributed by atoms with van der Waals surface area (Å²) in [6.45, 7) is 0.725. The van der Waals surface area contributed by atoms with E-state index >= 15 is 0 Å². The summed E-state index contributed by atoms with van der Waals surface area (Å²) in [6, 6.07) is 10.3. The maximum atomic E-state index is 11.9. The fraction of sp³-hybridized carbons (Fsp3) is 0.267. The van der Waals surface area contributed by atoms with Gasteiger partial charge in [-0.3, -0.25) is 0 Å². The standard InChI is InChI=1S/C15H17ClN2O3/c1-20-10-13(14-6-3-7-21-14)18-15(19)17-9-11-4-2-5-12(16)8-11/h2-8,13H,9-10H2,1H3,(H2,17,18,19). The molecule has 1 heterocycles. The van der Waals surface area contributed by atoms with E-state index in [1.54, 1.807) is 37.6 Å². The summed E-state index contributed by atoms with van der Waals surface area (Å²) in [5.41, 5.74) is 0.930. The van der Waals surface area contributed by atoms with Crippen LogP contribution >= 0.6 is 11.6 Å². The molecule has 1 atom stereocenters. The summed E-state index contributed by atoms with van der Waals surface area (Å²) in [6.07, 6.45) is 1.56. The average molecular weight is 309 g/mol. The molecule has 0 bridgehead atoms. The van der Waals surface area contributed by atoms with Gasteiger partial charge in [-0.15, -0.1) is 0 Å². The van der Waals surface area contributed by atoms with E-state index in [4.69, 9.17) is 20.8 Å². The molecule has 2 aromatic rings. The topological polar surface area (TPSA) is 63.5 Å². The molecule has 112 valence electrons. The Hall–Kier alpha value is -1.98. The molecule has 0 aliphatic heterocycles. The van der Waals surface area contributed by atoms with Gasteiger partial charge < -0.3 is 19.8 Å². The number of methoxy groups -OCH3 is 1. The fourth-order valence-electron chi connectivity index (χ4n) is 1.89. The molecule has 1 aromatic carbocycles. The summed E-state index contributed by atoms with van der Waals surface area (Å²) in [7, 11) is 1.57. The molecule has 2 rings (SSSR count). The molecule has 6 heteroatoms. The van der Waals surface area contributed by atoms with E-state index in [1.807, 2.05) is 12.1 Å². The number of carbonyl (C=O) groups is 1. The SMILES string of the molecule is COCC(NC(=O)NCc1cccc(Cl)c1)c1ccco1. The van der Waals surface area contributed by atoms with Gasteiger partial charge in [0.25, 0.3) is 0 Å². The van der Waals surface area contributed by atoms with Gasteiger partial charge in [0.2, 0.25) is 0 Å². The van der Waals surface area contributed by atoms with Crippen LogP contribution in [-0.2, 0) is 11.3 Å². The lowest BCUT2D eigenvalue weighted by Gasteiger charge is -2.16. The lowest BCUT2D eigenvalue weighted by Crippen LogP contribution is -2.39. The van der Waals surface area contributed by atoms with Crippen molar-refractivity contribution in [1.29, 1.82) is 0 Å². The predicted octanol–water partition coefficient (Wildman–Crippen LogP) is 3.12. The number of amides is 2. The van der Waals surface area contributed by atoms with E-state index in [0.29, 0.717) is 23.9 Å². The molecule has 0 saturated heterocycles. The number of ether oxygens (including phenoxy) is 1. The average Bonchev–Trinajstić information content (AvgIpc) is 2.99. The quantitative estimate of drug-likeness (QED) is 0.862. The second-order valence-corrected chi connectivity index (χ2v) is 4.92. The highest BCUT2D eigenvalue weighted by Crippen LogP contribution is 2.14. The number of benzene rings is 1. The first-order chi connectivity index (χ1) is 10.2. The molecule has 2 N–H and O–H groups in total. The van der Waals surface area contributed by atoms with E-state index in [0.717, 1.165) is 5.56 Å². The second-order valence-electron chi connectivity index (χ2n) is 4.48. The largest absolute Gasteiger partial charge is 0.467 e. The highest BCUT2D eigenvalue weighted by atomic mass is 35.5. The zero-order valence-corrected chi connectivity index (χ0v) is 12.4. The third kappa shape index (κ3) is 4.81. The van der Waals surface area contributed by atoms with Crippen LogP contribution in [0.25, 0.3) is 0 Å². The first-order valence-electron chi connectivity index (χ1n) is 6.50. The summed E-state index contributed by atoms with van der Waals surface area (Å²) < 4.78 is 10.4. The molecule has 0 spiro atoms. The van der Waals surface area contributed by atoms with E-state index in [-0.39, 0.29) is 12.1 Å². The van der Waals surface area contributed by atoms with Gasteiger partial charge in [-0.2, -0.15) is 0 Å². The van der Waals surface area contributed by atoms with Crippen molar-refractivity contribution in [1.82, 2.24) is 10.6 Å². The smallest absolute Gasteiger partial charge is 0.315 e. The molecular formula is C15H17ClN2O3. The van der Waals surface area contributed by atoms with Gasteiger partial charge in [-0.1, -0.05) is 23.7 Å². The first kappa shape index (κ1) is 15.4. The van der Waals surface area contributed by atoms with E-state index in [2.05, 4.69) is 10.6 Å². The Morgan fingerprint density at radius 2 is 2.24 bits per heavy atom. The maximum Gasteiger partial charge on any atom is 0.315 e. The molecule has 1 aromatic heterocycles. The third-order valence-corrected chi connectivity index (χ3v) is 3.10. The summed E-state index contributed by atoms with van der Waals surface area (Å²) in [5, 5.41) is 6.22. The van der Waals surface area contributed by atoms with Crippen LogP contribution in [0.1, 0.15) is 17.4 Å². The summed E-state index contributed by atoms with van der Waals surface area (Å²) in [4.78, 5) is 11.9. The van der Waals surface area contributed by atoms with E-state index in [1.165, 1.54) is 0 Å². The van der Waals surface area contributed by atoms with Crippen molar-refractivity contribution < 1.29 is 13.9 Å². The normalized spacial score (nSPS) is 11.9. The van der Waals surface area contributed by atoms with Crippen LogP contribution in [0.5, 0.6) is 0 Å². The van der Waals surface area contributed by atoms with Gasteiger partial charge in [-0.05, 0) is 29.8 Å². The van der Waals surface area contributed by atoms with Gasteiger partial charge in [0.1, 0.15) is 11.8 Å². The molecule has 0 aliphatic rings. The van der Waals surface area contributed by atoms with Crippen molar-refractivity contribution in [3.63, 3.8) is 0 Å². The minimum atomic E-state index is -0.329. The number of carbonyl (C=O) groups excluding carboxylic acids is 1. The zero-order valence-electron chi connectivity index (χ0n) is 11.6. The van der Waals surface area contributed by atoms with Crippen molar-refractivity contribution in [2.75, 3.05) is 13.7 Å². The van der Waals surface area contributed by atoms with Crippen molar-refractivity contribution in [2.45, 2.75) is 12.6 Å². The lowest BCUT2D eigenvalue weighted by atomic mass is 10.2. The number of hydrogen-bond donors (Lipinski definition) is 2. The minimum absolute atomic E-state index is 0.298. The molecule has 0 fully saturated rings. The Morgan fingerprint density at radius 1 is 1.38 bits per heavy atom. The van der Waals surface area contributed by atoms with Crippen molar-refractivity contribution in [3.8, 4) is 0 Å². The number of furan rings is 1. The van der Waals surface area contributed by atoms with Crippen molar-refractivity contribution >= 4 is 17.6 Å². The highest BCUT2D eigenvalue weighted by molar-refractivity contribution is 6.30. The predicted molar refractivity (Wildman–Crippen MR) is 80.1 cm³/mol.